The number of pyridine rings is 1. The molecule has 1 atom stereocenters. The van der Waals surface area contributed by atoms with Crippen molar-refractivity contribution < 1.29 is 13.2 Å². The second kappa shape index (κ2) is 5.67. The maximum atomic E-state index is 12.6. The Balaban J connectivity index is 2.44. The molecule has 1 N–H and O–H groups in total. The minimum Gasteiger partial charge on any atom is -0.353 e. The van der Waals surface area contributed by atoms with E-state index in [-0.39, 0.29) is 28.3 Å². The van der Waals surface area contributed by atoms with E-state index in [0.717, 1.165) is 0 Å². The summed E-state index contributed by atoms with van der Waals surface area (Å²) in [5.74, 6) is -0.401. The fourth-order valence-corrected chi connectivity index (χ4v) is 4.19. The Bertz CT molecular complexity index is 618. The summed E-state index contributed by atoms with van der Waals surface area (Å²) in [5.41, 5.74) is 0. The molecule has 2 heterocycles. The second-order valence-corrected chi connectivity index (χ2v) is 7.26. The van der Waals surface area contributed by atoms with Crippen molar-refractivity contribution in [1.29, 1.82) is 0 Å². The predicted molar refractivity (Wildman–Crippen MR) is 74.8 cm³/mol. The molecule has 1 aromatic rings. The van der Waals surface area contributed by atoms with Crippen molar-refractivity contribution in [3.05, 3.63) is 23.5 Å². The van der Waals surface area contributed by atoms with Crippen molar-refractivity contribution in [3.63, 3.8) is 0 Å². The molecule has 0 aromatic carbocycles. The quantitative estimate of drug-likeness (QED) is 0.897. The molecule has 8 heteroatoms. The van der Waals surface area contributed by atoms with Crippen LogP contribution in [0.1, 0.15) is 13.8 Å². The van der Waals surface area contributed by atoms with Crippen LogP contribution < -0.4 is 5.32 Å². The van der Waals surface area contributed by atoms with Gasteiger partial charge in [0, 0.05) is 25.5 Å². The van der Waals surface area contributed by atoms with Crippen LogP contribution >= 0.6 is 11.6 Å². The number of amides is 1. The SMILES string of the molecule is CC(C)C1C(=O)NCCN1S(=O)(=O)c1cncc(Cl)c1. The molecule has 20 heavy (non-hydrogen) atoms. The summed E-state index contributed by atoms with van der Waals surface area (Å²) >= 11 is 5.79. The number of nitrogens with one attached hydrogen (secondary N) is 1. The zero-order chi connectivity index (χ0) is 14.9. The van der Waals surface area contributed by atoms with Crippen LogP contribution in [0.15, 0.2) is 23.4 Å². The molecule has 1 aliphatic heterocycles. The average molecular weight is 318 g/mol. The minimum atomic E-state index is -3.79. The Kier molecular flexibility index (Phi) is 4.31. The lowest BCUT2D eigenvalue weighted by atomic mass is 10.0. The molecule has 2 rings (SSSR count). The molecule has 1 aliphatic rings. The maximum Gasteiger partial charge on any atom is 0.245 e. The number of aromatic nitrogens is 1. The van der Waals surface area contributed by atoms with E-state index in [1.807, 2.05) is 13.8 Å². The Morgan fingerprint density at radius 3 is 2.75 bits per heavy atom. The van der Waals surface area contributed by atoms with E-state index in [1.54, 1.807) is 0 Å². The number of sulfonamides is 1. The summed E-state index contributed by atoms with van der Waals surface area (Å²) < 4.78 is 26.5. The summed E-state index contributed by atoms with van der Waals surface area (Å²) in [5, 5.41) is 2.94. The standard InChI is InChI=1S/C12H16ClN3O3S/c1-8(2)11-12(17)15-3-4-16(11)20(18,19)10-5-9(13)6-14-7-10/h5-8,11H,3-4H2,1-2H3,(H,15,17). The van der Waals surface area contributed by atoms with Crippen LogP contribution in [0.2, 0.25) is 5.02 Å². The van der Waals surface area contributed by atoms with Crippen molar-refractivity contribution in [2.75, 3.05) is 13.1 Å². The minimum absolute atomic E-state index is 0.00495. The Morgan fingerprint density at radius 2 is 2.15 bits per heavy atom. The van der Waals surface area contributed by atoms with Crippen molar-refractivity contribution in [1.82, 2.24) is 14.6 Å². The van der Waals surface area contributed by atoms with E-state index in [9.17, 15) is 13.2 Å². The molecule has 0 spiro atoms. The first-order valence-electron chi connectivity index (χ1n) is 6.24. The highest BCUT2D eigenvalue weighted by molar-refractivity contribution is 7.89. The van der Waals surface area contributed by atoms with E-state index in [4.69, 9.17) is 11.6 Å². The summed E-state index contributed by atoms with van der Waals surface area (Å²) in [4.78, 5) is 15.7. The lowest BCUT2D eigenvalue weighted by Gasteiger charge is -2.36. The third kappa shape index (κ3) is 2.79. The molecule has 1 unspecified atom stereocenters. The molecule has 0 saturated carbocycles. The number of piperazine rings is 1. The highest BCUT2D eigenvalue weighted by atomic mass is 35.5. The van der Waals surface area contributed by atoms with Gasteiger partial charge >= 0.3 is 0 Å². The molecule has 110 valence electrons. The first kappa shape index (κ1) is 15.2. The van der Waals surface area contributed by atoms with Crippen LogP contribution in [0.3, 0.4) is 0 Å². The molecule has 1 aromatic heterocycles. The first-order chi connectivity index (χ1) is 9.34. The highest BCUT2D eigenvalue weighted by Gasteiger charge is 2.40. The first-order valence-corrected chi connectivity index (χ1v) is 8.06. The Labute approximate surface area is 123 Å². The summed E-state index contributed by atoms with van der Waals surface area (Å²) in [6.07, 6.45) is 2.61. The number of carbonyl (C=O) groups excluding carboxylic acids is 1. The Hall–Kier alpha value is -1.18. The monoisotopic (exact) mass is 317 g/mol. The van der Waals surface area contributed by atoms with Gasteiger partial charge < -0.3 is 5.32 Å². The van der Waals surface area contributed by atoms with Gasteiger partial charge in [0.05, 0.1) is 5.02 Å². The van der Waals surface area contributed by atoms with E-state index in [0.29, 0.717) is 6.54 Å². The molecule has 1 saturated heterocycles. The maximum absolute atomic E-state index is 12.6. The number of carbonyl (C=O) groups is 1. The van der Waals surface area contributed by atoms with E-state index < -0.39 is 16.1 Å². The summed E-state index contributed by atoms with van der Waals surface area (Å²) in [6.45, 7) is 4.17. The van der Waals surface area contributed by atoms with Crippen molar-refractivity contribution in [3.8, 4) is 0 Å². The lowest BCUT2D eigenvalue weighted by Crippen LogP contribution is -2.59. The zero-order valence-corrected chi connectivity index (χ0v) is 12.8. The van der Waals surface area contributed by atoms with E-state index >= 15 is 0 Å². The highest BCUT2D eigenvalue weighted by Crippen LogP contribution is 2.24. The van der Waals surface area contributed by atoms with Crippen LogP contribution in [0.25, 0.3) is 0 Å². The van der Waals surface area contributed by atoms with Crippen LogP contribution in [0.4, 0.5) is 0 Å². The van der Waals surface area contributed by atoms with Gasteiger partial charge in [-0.3, -0.25) is 9.78 Å². The Morgan fingerprint density at radius 1 is 1.45 bits per heavy atom. The van der Waals surface area contributed by atoms with Gasteiger partial charge in [0.2, 0.25) is 15.9 Å². The summed E-state index contributed by atoms with van der Waals surface area (Å²) in [7, 11) is -3.79. The van der Waals surface area contributed by atoms with Gasteiger partial charge in [-0.1, -0.05) is 25.4 Å². The smallest absolute Gasteiger partial charge is 0.245 e. The fourth-order valence-electron chi connectivity index (χ4n) is 2.24. The topological polar surface area (TPSA) is 79.4 Å². The third-order valence-electron chi connectivity index (χ3n) is 3.13. The number of rotatable bonds is 3. The zero-order valence-electron chi connectivity index (χ0n) is 11.2. The fraction of sp³-hybridized carbons (Fsp3) is 0.500. The van der Waals surface area contributed by atoms with Gasteiger partial charge in [0.25, 0.3) is 0 Å². The third-order valence-corrected chi connectivity index (χ3v) is 5.18. The van der Waals surface area contributed by atoms with E-state index in [2.05, 4.69) is 10.3 Å². The van der Waals surface area contributed by atoms with Gasteiger partial charge in [0.1, 0.15) is 10.9 Å². The second-order valence-electron chi connectivity index (χ2n) is 4.93. The average Bonchev–Trinajstić information content (AvgIpc) is 2.38. The van der Waals surface area contributed by atoms with E-state index in [1.165, 1.54) is 22.8 Å². The molecular formula is C12H16ClN3O3S. The number of nitrogens with zero attached hydrogens (tertiary/aromatic N) is 2. The predicted octanol–water partition coefficient (Wildman–Crippen LogP) is 0.880. The van der Waals surface area contributed by atoms with Gasteiger partial charge in [0.15, 0.2) is 0 Å². The lowest BCUT2D eigenvalue weighted by molar-refractivity contribution is -0.128. The molecule has 1 amide bonds. The largest absolute Gasteiger partial charge is 0.353 e. The van der Waals surface area contributed by atoms with Gasteiger partial charge in [-0.15, -0.1) is 0 Å². The molecule has 0 bridgehead atoms. The van der Waals surface area contributed by atoms with Crippen LogP contribution in [0.5, 0.6) is 0 Å². The van der Waals surface area contributed by atoms with Gasteiger partial charge in [-0.25, -0.2) is 8.42 Å². The number of hydrogen-bond donors (Lipinski definition) is 1. The molecule has 0 aliphatic carbocycles. The van der Waals surface area contributed by atoms with Crippen molar-refractivity contribution in [2.45, 2.75) is 24.8 Å². The van der Waals surface area contributed by atoms with Crippen LogP contribution in [0, 0.1) is 5.92 Å². The number of halogens is 1. The van der Waals surface area contributed by atoms with Gasteiger partial charge in [-0.05, 0) is 12.0 Å². The molecule has 0 radical (unpaired) electrons. The van der Waals surface area contributed by atoms with Crippen LogP contribution in [-0.4, -0.2) is 42.7 Å². The van der Waals surface area contributed by atoms with Gasteiger partial charge in [-0.2, -0.15) is 4.31 Å². The van der Waals surface area contributed by atoms with Crippen molar-refractivity contribution >= 4 is 27.5 Å². The van der Waals surface area contributed by atoms with Crippen molar-refractivity contribution in [2.24, 2.45) is 5.92 Å². The normalized spacial score (nSPS) is 21.0. The summed E-state index contributed by atoms with van der Waals surface area (Å²) in [6, 6.07) is 0.626. The van der Waals surface area contributed by atoms with Crippen LogP contribution in [-0.2, 0) is 14.8 Å². The molecule has 1 fully saturated rings. The molecular weight excluding hydrogens is 302 g/mol. The molecule has 6 nitrogen and oxygen atoms in total. The number of hydrogen-bond acceptors (Lipinski definition) is 4.